The maximum atomic E-state index is 12.9. The molecule has 1 amide bonds. The second-order valence-electron chi connectivity index (χ2n) is 10.0. The van der Waals surface area contributed by atoms with Gasteiger partial charge in [0.2, 0.25) is 5.91 Å². The van der Waals surface area contributed by atoms with E-state index in [1.54, 1.807) is 0 Å². The van der Waals surface area contributed by atoms with Gasteiger partial charge in [-0.25, -0.2) is 4.98 Å². The van der Waals surface area contributed by atoms with Gasteiger partial charge in [0, 0.05) is 31.1 Å². The Balaban J connectivity index is 1.37. The molecule has 4 nitrogen and oxygen atoms in total. The zero-order valence-electron chi connectivity index (χ0n) is 21.1. The Morgan fingerprint density at radius 2 is 1.59 bits per heavy atom. The van der Waals surface area contributed by atoms with Crippen LogP contribution in [0.5, 0.6) is 0 Å². The zero-order valence-corrected chi connectivity index (χ0v) is 21.1. The molecule has 1 aromatic heterocycles. The van der Waals surface area contributed by atoms with Gasteiger partial charge >= 0.3 is 0 Å². The lowest BCUT2D eigenvalue weighted by Gasteiger charge is -2.18. The van der Waals surface area contributed by atoms with E-state index >= 15 is 0 Å². The van der Waals surface area contributed by atoms with Crippen LogP contribution in [0.4, 0.5) is 5.69 Å². The first-order valence-electron chi connectivity index (χ1n) is 13.5. The number of carbonyl (C=O) groups is 1. The van der Waals surface area contributed by atoms with Crippen LogP contribution in [-0.4, -0.2) is 22.0 Å². The van der Waals surface area contributed by atoms with Gasteiger partial charge in [-0.15, -0.1) is 0 Å². The Morgan fingerprint density at radius 1 is 0.882 bits per heavy atom. The molecule has 182 valence electrons. The predicted octanol–water partition coefficient (Wildman–Crippen LogP) is 7.79. The molecule has 1 aliphatic rings. The van der Waals surface area contributed by atoms with E-state index in [0.29, 0.717) is 13.0 Å². The van der Waals surface area contributed by atoms with Crippen molar-refractivity contribution in [2.45, 2.75) is 96.9 Å². The van der Waals surface area contributed by atoms with Crippen molar-refractivity contribution in [1.29, 1.82) is 0 Å². The number of anilines is 1. The van der Waals surface area contributed by atoms with E-state index in [-0.39, 0.29) is 11.8 Å². The topological polar surface area (TPSA) is 38.1 Å². The van der Waals surface area contributed by atoms with E-state index in [4.69, 9.17) is 4.98 Å². The summed E-state index contributed by atoms with van der Waals surface area (Å²) in [5.41, 5.74) is 4.44. The number of benzene rings is 2. The summed E-state index contributed by atoms with van der Waals surface area (Å²) in [5, 5.41) is 0. The second kappa shape index (κ2) is 12.2. The Hall–Kier alpha value is -2.62. The van der Waals surface area contributed by atoms with Gasteiger partial charge in [-0.1, -0.05) is 89.0 Å². The number of aromatic nitrogens is 2. The van der Waals surface area contributed by atoms with E-state index < -0.39 is 0 Å². The molecular formula is C30H41N3O. The van der Waals surface area contributed by atoms with Crippen LogP contribution in [0.1, 0.15) is 94.9 Å². The Labute approximate surface area is 205 Å². The largest absolute Gasteiger partial charge is 0.328 e. The fourth-order valence-electron chi connectivity index (χ4n) is 5.32. The summed E-state index contributed by atoms with van der Waals surface area (Å²) < 4.78 is 2.40. The molecule has 4 heteroatoms. The minimum absolute atomic E-state index is 0.142. The van der Waals surface area contributed by atoms with Gasteiger partial charge in [0.15, 0.2) is 0 Å². The second-order valence-corrected chi connectivity index (χ2v) is 10.0. The van der Waals surface area contributed by atoms with Crippen molar-refractivity contribution < 1.29 is 4.79 Å². The monoisotopic (exact) mass is 459 g/mol. The van der Waals surface area contributed by atoms with Crippen LogP contribution < -0.4 is 4.90 Å². The third-order valence-corrected chi connectivity index (χ3v) is 7.22. The number of unbranched alkanes of at least 4 members (excludes halogenated alkanes) is 9. The number of hydrogen-bond acceptors (Lipinski definition) is 2. The van der Waals surface area contributed by atoms with Crippen molar-refractivity contribution in [2.75, 3.05) is 11.4 Å². The van der Waals surface area contributed by atoms with Crippen LogP contribution in [0.3, 0.4) is 0 Å². The SMILES string of the molecule is CCCCCCCCCCCCn1c(C2CC(=O)N(c3cccc(C)c3)C2)nc2ccccc21. The van der Waals surface area contributed by atoms with Gasteiger partial charge in [-0.05, 0) is 43.2 Å². The molecule has 2 heterocycles. The standard InChI is InChI=1S/C30H41N3O/c1-3-4-5-6-7-8-9-10-11-14-20-32-28-19-13-12-18-27(28)31-30(32)25-22-29(34)33(23-25)26-17-15-16-24(2)21-26/h12-13,15-19,21,25H,3-11,14,20,22-23H2,1-2H3. The summed E-state index contributed by atoms with van der Waals surface area (Å²) in [6.07, 6.45) is 13.9. The van der Waals surface area contributed by atoms with Crippen LogP contribution in [0.25, 0.3) is 11.0 Å². The van der Waals surface area contributed by atoms with Gasteiger partial charge in [0.1, 0.15) is 5.82 Å². The lowest BCUT2D eigenvalue weighted by molar-refractivity contribution is -0.117. The van der Waals surface area contributed by atoms with Crippen LogP contribution in [0, 0.1) is 6.92 Å². The highest BCUT2D eigenvalue weighted by Crippen LogP contribution is 2.33. The van der Waals surface area contributed by atoms with Crippen LogP contribution in [-0.2, 0) is 11.3 Å². The fraction of sp³-hybridized carbons (Fsp3) is 0.533. The Kier molecular flexibility index (Phi) is 8.79. The zero-order chi connectivity index (χ0) is 23.8. The minimum Gasteiger partial charge on any atom is -0.328 e. The van der Waals surface area contributed by atoms with Gasteiger partial charge in [-0.3, -0.25) is 4.79 Å². The molecule has 0 aliphatic carbocycles. The molecule has 0 radical (unpaired) electrons. The number of fused-ring (bicyclic) bond motifs is 1. The molecule has 0 saturated carbocycles. The molecule has 3 aromatic rings. The van der Waals surface area contributed by atoms with E-state index in [2.05, 4.69) is 54.8 Å². The van der Waals surface area contributed by atoms with Crippen molar-refractivity contribution in [2.24, 2.45) is 0 Å². The summed E-state index contributed by atoms with van der Waals surface area (Å²) in [6.45, 7) is 6.05. The van der Waals surface area contributed by atoms with Crippen LogP contribution in [0.2, 0.25) is 0 Å². The maximum absolute atomic E-state index is 12.9. The third-order valence-electron chi connectivity index (χ3n) is 7.22. The number of para-hydroxylation sites is 2. The number of imidazole rings is 1. The summed E-state index contributed by atoms with van der Waals surface area (Å²) in [6, 6.07) is 16.7. The number of hydrogen-bond donors (Lipinski definition) is 0. The van der Waals surface area contributed by atoms with E-state index in [1.807, 2.05) is 17.0 Å². The van der Waals surface area contributed by atoms with E-state index in [9.17, 15) is 4.79 Å². The molecule has 0 bridgehead atoms. The molecule has 4 rings (SSSR count). The van der Waals surface area contributed by atoms with Crippen molar-refractivity contribution in [3.05, 3.63) is 59.9 Å². The average Bonchev–Trinajstić information content (AvgIpc) is 3.41. The Morgan fingerprint density at radius 3 is 2.32 bits per heavy atom. The number of amides is 1. The lowest BCUT2D eigenvalue weighted by Crippen LogP contribution is -2.24. The van der Waals surface area contributed by atoms with Gasteiger partial charge in [0.25, 0.3) is 0 Å². The van der Waals surface area contributed by atoms with Crippen molar-refractivity contribution in [3.8, 4) is 0 Å². The first kappa shape index (κ1) is 24.5. The quantitative estimate of drug-likeness (QED) is 0.245. The first-order valence-corrected chi connectivity index (χ1v) is 13.5. The summed E-state index contributed by atoms with van der Waals surface area (Å²) >= 11 is 0. The predicted molar refractivity (Wildman–Crippen MR) is 142 cm³/mol. The molecule has 34 heavy (non-hydrogen) atoms. The minimum atomic E-state index is 0.142. The number of carbonyl (C=O) groups excluding carboxylic acids is 1. The van der Waals surface area contributed by atoms with Gasteiger partial charge in [-0.2, -0.15) is 0 Å². The number of rotatable bonds is 13. The summed E-state index contributed by atoms with van der Waals surface area (Å²) in [4.78, 5) is 19.9. The van der Waals surface area contributed by atoms with E-state index in [1.165, 1.54) is 75.3 Å². The molecule has 0 spiro atoms. The maximum Gasteiger partial charge on any atom is 0.227 e. The first-order chi connectivity index (χ1) is 16.7. The molecule has 1 atom stereocenters. The number of aryl methyl sites for hydroxylation is 2. The van der Waals surface area contributed by atoms with Gasteiger partial charge in [0.05, 0.1) is 11.0 Å². The molecule has 1 saturated heterocycles. The smallest absolute Gasteiger partial charge is 0.227 e. The van der Waals surface area contributed by atoms with Crippen molar-refractivity contribution >= 4 is 22.6 Å². The molecule has 1 fully saturated rings. The summed E-state index contributed by atoms with van der Waals surface area (Å²) in [5.74, 6) is 1.43. The fourth-order valence-corrected chi connectivity index (χ4v) is 5.32. The average molecular weight is 460 g/mol. The normalized spacial score (nSPS) is 16.1. The molecule has 1 aliphatic heterocycles. The molecular weight excluding hydrogens is 418 g/mol. The summed E-state index contributed by atoms with van der Waals surface area (Å²) in [7, 11) is 0. The Bertz CT molecular complexity index is 1070. The van der Waals surface area contributed by atoms with Crippen molar-refractivity contribution in [1.82, 2.24) is 9.55 Å². The van der Waals surface area contributed by atoms with E-state index in [0.717, 1.165) is 23.6 Å². The van der Waals surface area contributed by atoms with Crippen molar-refractivity contribution in [3.63, 3.8) is 0 Å². The van der Waals surface area contributed by atoms with Crippen LogP contribution >= 0.6 is 0 Å². The highest BCUT2D eigenvalue weighted by atomic mass is 16.2. The highest BCUT2D eigenvalue weighted by molar-refractivity contribution is 5.96. The van der Waals surface area contributed by atoms with Crippen LogP contribution in [0.15, 0.2) is 48.5 Å². The van der Waals surface area contributed by atoms with Gasteiger partial charge < -0.3 is 9.47 Å². The third kappa shape index (κ3) is 6.08. The highest BCUT2D eigenvalue weighted by Gasteiger charge is 2.34. The molecule has 1 unspecified atom stereocenters. The molecule has 0 N–H and O–H groups in total. The molecule has 2 aromatic carbocycles. The number of nitrogens with zero attached hydrogens (tertiary/aromatic N) is 3. The lowest BCUT2D eigenvalue weighted by atomic mass is 10.1.